The molecule has 1 saturated carbocycles. The van der Waals surface area contributed by atoms with Gasteiger partial charge in [0.1, 0.15) is 5.82 Å². The molecule has 0 saturated heterocycles. The third kappa shape index (κ3) is 5.49. The summed E-state index contributed by atoms with van der Waals surface area (Å²) >= 11 is 1.66. The molecule has 0 aromatic heterocycles. The van der Waals surface area contributed by atoms with Crippen molar-refractivity contribution in [3.8, 4) is 0 Å². The number of aryl methyl sites for hydroxylation is 1. The SMILES string of the molecule is CC1=N\C=C/NCS/C(CCc2ccc(NCC3CC(N)C3)c(F)c2)=C\1N. The van der Waals surface area contributed by atoms with Crippen LogP contribution in [0.5, 0.6) is 0 Å². The average molecular weight is 390 g/mol. The molecule has 7 heteroatoms. The van der Waals surface area contributed by atoms with Crippen LogP contribution in [-0.4, -0.2) is 24.2 Å². The number of nitrogens with zero attached hydrogens (tertiary/aromatic N) is 1. The second-order valence-electron chi connectivity index (χ2n) is 7.15. The maximum absolute atomic E-state index is 14.4. The van der Waals surface area contributed by atoms with Gasteiger partial charge in [-0.15, -0.1) is 11.8 Å². The minimum Gasteiger partial charge on any atom is -0.397 e. The summed E-state index contributed by atoms with van der Waals surface area (Å²) in [4.78, 5) is 5.39. The summed E-state index contributed by atoms with van der Waals surface area (Å²) in [5, 5.41) is 6.37. The van der Waals surface area contributed by atoms with Gasteiger partial charge in [0, 0.05) is 29.9 Å². The standard InChI is InChI=1S/C20H28FN5S/c1-13-20(23)19(27-12-24-6-7-25-13)5-3-14-2-4-18(17(21)10-14)26-11-15-8-16(22)9-15/h2,4,6-7,10,15-16,24,26H,3,5,8-9,11-12,22-23H2,1H3/b7-6-,20-19+,25-13+. The summed E-state index contributed by atoms with van der Waals surface area (Å²) in [5.74, 6) is 1.09. The Morgan fingerprint density at radius 3 is 2.89 bits per heavy atom. The van der Waals surface area contributed by atoms with Gasteiger partial charge in [-0.25, -0.2) is 4.39 Å². The van der Waals surface area contributed by atoms with E-state index >= 15 is 0 Å². The lowest BCUT2D eigenvalue weighted by Crippen LogP contribution is -2.39. The number of hydrogen-bond donors (Lipinski definition) is 4. The number of hydrogen-bond acceptors (Lipinski definition) is 6. The van der Waals surface area contributed by atoms with Crippen molar-refractivity contribution >= 4 is 23.2 Å². The maximum Gasteiger partial charge on any atom is 0.146 e. The van der Waals surface area contributed by atoms with Gasteiger partial charge in [0.25, 0.3) is 0 Å². The first-order valence-electron chi connectivity index (χ1n) is 9.35. The van der Waals surface area contributed by atoms with Crippen LogP contribution in [0.25, 0.3) is 0 Å². The Balaban J connectivity index is 1.58. The molecule has 146 valence electrons. The van der Waals surface area contributed by atoms with E-state index in [9.17, 15) is 4.39 Å². The van der Waals surface area contributed by atoms with Gasteiger partial charge in [-0.1, -0.05) is 6.07 Å². The highest BCUT2D eigenvalue weighted by Gasteiger charge is 2.25. The van der Waals surface area contributed by atoms with Gasteiger partial charge >= 0.3 is 0 Å². The molecular weight excluding hydrogens is 361 g/mol. The molecule has 5 nitrogen and oxygen atoms in total. The molecular formula is C20H28FN5S. The summed E-state index contributed by atoms with van der Waals surface area (Å²) in [6.45, 7) is 2.68. The molecule has 0 unspecified atom stereocenters. The van der Waals surface area contributed by atoms with Crippen molar-refractivity contribution in [1.82, 2.24) is 5.32 Å². The molecule has 27 heavy (non-hydrogen) atoms. The number of thioether (sulfide) groups is 1. The molecule has 3 rings (SSSR count). The highest BCUT2D eigenvalue weighted by Crippen LogP contribution is 2.28. The quantitative estimate of drug-likeness (QED) is 0.599. The van der Waals surface area contributed by atoms with E-state index in [-0.39, 0.29) is 5.82 Å². The van der Waals surface area contributed by atoms with Crippen LogP contribution in [0.4, 0.5) is 10.1 Å². The number of aliphatic imine (C=N–C) groups is 1. The molecule has 1 heterocycles. The van der Waals surface area contributed by atoms with E-state index in [1.165, 1.54) is 0 Å². The third-order valence-electron chi connectivity index (χ3n) is 5.01. The van der Waals surface area contributed by atoms with Gasteiger partial charge in [0.05, 0.1) is 23.0 Å². The number of benzene rings is 1. The zero-order chi connectivity index (χ0) is 19.2. The van der Waals surface area contributed by atoms with Crippen LogP contribution in [0.2, 0.25) is 0 Å². The molecule has 1 fully saturated rings. The summed E-state index contributed by atoms with van der Waals surface area (Å²) in [6.07, 6.45) is 7.06. The summed E-state index contributed by atoms with van der Waals surface area (Å²) < 4.78 is 14.4. The van der Waals surface area contributed by atoms with Gasteiger partial charge in [0.15, 0.2) is 0 Å². The zero-order valence-electron chi connectivity index (χ0n) is 15.7. The van der Waals surface area contributed by atoms with E-state index in [1.54, 1.807) is 24.0 Å². The summed E-state index contributed by atoms with van der Waals surface area (Å²) in [5.41, 5.74) is 15.1. The highest BCUT2D eigenvalue weighted by molar-refractivity contribution is 8.03. The Bertz CT molecular complexity index is 753. The van der Waals surface area contributed by atoms with Crippen molar-refractivity contribution in [3.05, 3.63) is 52.6 Å². The predicted molar refractivity (Wildman–Crippen MR) is 113 cm³/mol. The van der Waals surface area contributed by atoms with Crippen LogP contribution in [0, 0.1) is 11.7 Å². The monoisotopic (exact) mass is 389 g/mol. The first-order valence-corrected chi connectivity index (χ1v) is 10.3. The zero-order valence-corrected chi connectivity index (χ0v) is 16.5. The minimum absolute atomic E-state index is 0.205. The number of halogens is 1. The van der Waals surface area contributed by atoms with Crippen molar-refractivity contribution in [1.29, 1.82) is 0 Å². The maximum atomic E-state index is 14.4. The molecule has 0 spiro atoms. The normalized spacial score (nSPS) is 28.6. The average Bonchev–Trinajstić information content (AvgIpc) is 2.70. The number of anilines is 1. The Morgan fingerprint density at radius 2 is 2.15 bits per heavy atom. The first-order chi connectivity index (χ1) is 13.0. The second kappa shape index (κ2) is 9.28. The molecule has 0 amide bonds. The van der Waals surface area contributed by atoms with Crippen molar-refractivity contribution < 1.29 is 4.39 Å². The van der Waals surface area contributed by atoms with Crippen LogP contribution >= 0.6 is 11.8 Å². The van der Waals surface area contributed by atoms with E-state index in [2.05, 4.69) is 15.6 Å². The fraction of sp³-hybridized carbons (Fsp3) is 0.450. The van der Waals surface area contributed by atoms with Crippen molar-refractivity contribution in [2.45, 2.75) is 38.6 Å². The van der Waals surface area contributed by atoms with Crippen molar-refractivity contribution in [3.63, 3.8) is 0 Å². The molecule has 0 radical (unpaired) electrons. The highest BCUT2D eigenvalue weighted by atomic mass is 32.2. The fourth-order valence-corrected chi connectivity index (χ4v) is 4.16. The summed E-state index contributed by atoms with van der Waals surface area (Å²) in [7, 11) is 0. The third-order valence-corrected chi connectivity index (χ3v) is 6.09. The number of nitrogens with two attached hydrogens (primary N) is 2. The van der Waals surface area contributed by atoms with Crippen LogP contribution in [0.3, 0.4) is 0 Å². The molecule has 0 atom stereocenters. The van der Waals surface area contributed by atoms with Gasteiger partial charge in [-0.3, -0.25) is 4.99 Å². The van der Waals surface area contributed by atoms with E-state index in [0.29, 0.717) is 23.3 Å². The van der Waals surface area contributed by atoms with Gasteiger partial charge in [-0.05, 0) is 56.2 Å². The lowest BCUT2D eigenvalue weighted by molar-refractivity contribution is 0.280. The molecule has 1 aliphatic heterocycles. The lowest BCUT2D eigenvalue weighted by Gasteiger charge is -2.32. The first kappa shape index (κ1) is 19.8. The lowest BCUT2D eigenvalue weighted by atomic mass is 9.81. The van der Waals surface area contributed by atoms with E-state index < -0.39 is 0 Å². The van der Waals surface area contributed by atoms with E-state index in [1.807, 2.05) is 25.3 Å². The Kier molecular flexibility index (Phi) is 6.79. The number of allylic oxidation sites excluding steroid dienone is 2. The molecule has 1 aromatic rings. The number of rotatable bonds is 6. The molecule has 1 aromatic carbocycles. The van der Waals surface area contributed by atoms with Gasteiger partial charge < -0.3 is 22.1 Å². The molecule has 6 N–H and O–H groups in total. The fourth-order valence-electron chi connectivity index (χ4n) is 3.26. The summed E-state index contributed by atoms with van der Waals surface area (Å²) in [6, 6.07) is 5.75. The van der Waals surface area contributed by atoms with Crippen LogP contribution in [0.1, 0.15) is 31.7 Å². The molecule has 2 aliphatic rings. The van der Waals surface area contributed by atoms with Gasteiger partial charge in [-0.2, -0.15) is 0 Å². The smallest absolute Gasteiger partial charge is 0.146 e. The molecule has 0 bridgehead atoms. The Hall–Kier alpha value is -1.99. The van der Waals surface area contributed by atoms with Crippen LogP contribution in [0.15, 0.2) is 46.2 Å². The largest absolute Gasteiger partial charge is 0.397 e. The predicted octanol–water partition coefficient (Wildman–Crippen LogP) is 3.30. The topological polar surface area (TPSA) is 88.5 Å². The Morgan fingerprint density at radius 1 is 1.33 bits per heavy atom. The second-order valence-corrected chi connectivity index (χ2v) is 8.22. The van der Waals surface area contributed by atoms with Crippen molar-refractivity contribution in [2.75, 3.05) is 17.7 Å². The van der Waals surface area contributed by atoms with Crippen LogP contribution in [-0.2, 0) is 6.42 Å². The van der Waals surface area contributed by atoms with Crippen LogP contribution < -0.4 is 22.1 Å². The minimum atomic E-state index is -0.205. The van der Waals surface area contributed by atoms with Crippen molar-refractivity contribution in [2.24, 2.45) is 22.4 Å². The number of nitrogens with one attached hydrogen (secondary N) is 2. The Labute approximate surface area is 164 Å². The van der Waals surface area contributed by atoms with E-state index in [4.69, 9.17) is 11.5 Å². The molecule has 1 aliphatic carbocycles. The van der Waals surface area contributed by atoms with Gasteiger partial charge in [0.2, 0.25) is 0 Å². The van der Waals surface area contributed by atoms with E-state index in [0.717, 1.165) is 54.3 Å².